The van der Waals surface area contributed by atoms with Crippen LogP contribution in [0.5, 0.6) is 11.5 Å². The van der Waals surface area contributed by atoms with Gasteiger partial charge in [0.15, 0.2) is 5.96 Å². The highest BCUT2D eigenvalue weighted by atomic mass is 127. The number of nitrogens with one attached hydrogen (secondary N) is 2. The van der Waals surface area contributed by atoms with Crippen molar-refractivity contribution in [1.82, 2.24) is 10.6 Å². The maximum atomic E-state index is 5.85. The van der Waals surface area contributed by atoms with Crippen molar-refractivity contribution >= 4 is 29.9 Å². The van der Waals surface area contributed by atoms with Crippen molar-refractivity contribution < 1.29 is 18.9 Å². The first kappa shape index (κ1) is 24.8. The first-order valence-corrected chi connectivity index (χ1v) is 9.72. The number of hydrogen-bond acceptors (Lipinski definition) is 5. The largest absolute Gasteiger partial charge is 0.497 e. The molecule has 0 amide bonds. The number of methoxy groups -OCH3 is 1. The lowest BCUT2D eigenvalue weighted by molar-refractivity contribution is 0.0347. The van der Waals surface area contributed by atoms with Gasteiger partial charge < -0.3 is 29.6 Å². The molecule has 1 aliphatic rings. The van der Waals surface area contributed by atoms with Crippen molar-refractivity contribution in [3.63, 3.8) is 0 Å². The lowest BCUT2D eigenvalue weighted by Gasteiger charge is -2.19. The van der Waals surface area contributed by atoms with Crippen LogP contribution in [0.2, 0.25) is 0 Å². The molecule has 28 heavy (non-hydrogen) atoms. The van der Waals surface area contributed by atoms with E-state index < -0.39 is 0 Å². The number of nitrogens with zero attached hydrogens (tertiary/aromatic N) is 1. The van der Waals surface area contributed by atoms with Gasteiger partial charge >= 0.3 is 0 Å². The van der Waals surface area contributed by atoms with E-state index in [4.69, 9.17) is 18.9 Å². The summed E-state index contributed by atoms with van der Waals surface area (Å²) in [6, 6.07) is 7.80. The number of halogens is 1. The fourth-order valence-electron chi connectivity index (χ4n) is 2.66. The number of guanidine groups is 1. The quantitative estimate of drug-likeness (QED) is 0.208. The Morgan fingerprint density at radius 3 is 2.89 bits per heavy atom. The van der Waals surface area contributed by atoms with Gasteiger partial charge in [0.05, 0.1) is 33.0 Å². The van der Waals surface area contributed by atoms with Crippen LogP contribution in [0.15, 0.2) is 29.3 Å². The number of hydrogen-bond donors (Lipinski definition) is 2. The third-order valence-corrected chi connectivity index (χ3v) is 4.08. The molecule has 8 heteroatoms. The van der Waals surface area contributed by atoms with E-state index in [9.17, 15) is 0 Å². The van der Waals surface area contributed by atoms with Crippen LogP contribution < -0.4 is 20.1 Å². The molecule has 1 saturated heterocycles. The van der Waals surface area contributed by atoms with Gasteiger partial charge in [-0.1, -0.05) is 6.07 Å². The van der Waals surface area contributed by atoms with Gasteiger partial charge in [-0.2, -0.15) is 0 Å². The highest BCUT2D eigenvalue weighted by molar-refractivity contribution is 14.0. The van der Waals surface area contributed by atoms with E-state index in [0.717, 1.165) is 43.5 Å². The van der Waals surface area contributed by atoms with Crippen molar-refractivity contribution in [2.24, 2.45) is 4.99 Å². The fraction of sp³-hybridized carbons (Fsp3) is 0.650. The summed E-state index contributed by atoms with van der Waals surface area (Å²) in [5.41, 5.74) is 0. The summed E-state index contributed by atoms with van der Waals surface area (Å²) >= 11 is 0. The normalized spacial score (nSPS) is 17.5. The Labute approximate surface area is 185 Å². The molecule has 0 radical (unpaired) electrons. The third kappa shape index (κ3) is 9.79. The predicted octanol–water partition coefficient (Wildman–Crippen LogP) is 2.83. The Kier molecular flexibility index (Phi) is 13.0. The highest BCUT2D eigenvalue weighted by Gasteiger charge is 2.17. The molecular weight excluding hydrogens is 473 g/mol. The summed E-state index contributed by atoms with van der Waals surface area (Å²) in [6.45, 7) is 8.39. The second-order valence-corrected chi connectivity index (χ2v) is 6.51. The zero-order valence-electron chi connectivity index (χ0n) is 17.1. The highest BCUT2D eigenvalue weighted by Crippen LogP contribution is 2.18. The lowest BCUT2D eigenvalue weighted by Crippen LogP contribution is -2.44. The molecule has 1 aliphatic heterocycles. The van der Waals surface area contributed by atoms with E-state index in [2.05, 4.69) is 29.5 Å². The summed E-state index contributed by atoms with van der Waals surface area (Å²) in [5.74, 6) is 2.41. The SMILES string of the molecule is CCNC(=NCCCOc1cccc(OC)c1)NC(C)COC1CCOC1.I. The standard InChI is InChI=1S/C20H33N3O4.HI/c1-4-21-20(23-16(2)14-27-19-9-12-25-15-19)22-10-6-11-26-18-8-5-7-17(13-18)24-3;/h5,7-8,13,16,19H,4,6,9-12,14-15H2,1-3H3,(H2,21,22,23);1H. The number of benzene rings is 1. The average Bonchev–Trinajstić information content (AvgIpc) is 3.20. The van der Waals surface area contributed by atoms with Crippen molar-refractivity contribution in [3.8, 4) is 11.5 Å². The molecule has 0 aromatic heterocycles. The van der Waals surface area contributed by atoms with Crippen LogP contribution >= 0.6 is 24.0 Å². The first-order valence-electron chi connectivity index (χ1n) is 9.72. The molecule has 2 atom stereocenters. The molecule has 0 spiro atoms. The Balaban J connectivity index is 0.00000392. The minimum atomic E-state index is 0. The smallest absolute Gasteiger partial charge is 0.191 e. The predicted molar refractivity (Wildman–Crippen MR) is 122 cm³/mol. The second kappa shape index (κ2) is 14.7. The van der Waals surface area contributed by atoms with E-state index in [-0.39, 0.29) is 36.1 Å². The molecule has 1 aromatic rings. The second-order valence-electron chi connectivity index (χ2n) is 6.51. The topological polar surface area (TPSA) is 73.3 Å². The Morgan fingerprint density at radius 1 is 1.36 bits per heavy atom. The molecule has 160 valence electrons. The summed E-state index contributed by atoms with van der Waals surface area (Å²) in [4.78, 5) is 4.61. The van der Waals surface area contributed by atoms with Crippen LogP contribution in [0.4, 0.5) is 0 Å². The zero-order chi connectivity index (χ0) is 19.3. The van der Waals surface area contributed by atoms with E-state index in [1.165, 1.54) is 0 Å². The van der Waals surface area contributed by atoms with Crippen LogP contribution in [0, 0.1) is 0 Å². The first-order chi connectivity index (χ1) is 13.2. The van der Waals surface area contributed by atoms with E-state index in [1.807, 2.05) is 24.3 Å². The van der Waals surface area contributed by atoms with Gasteiger partial charge in [0.1, 0.15) is 11.5 Å². The van der Waals surface area contributed by atoms with E-state index >= 15 is 0 Å². The van der Waals surface area contributed by atoms with Crippen LogP contribution in [0.25, 0.3) is 0 Å². The molecule has 1 aromatic carbocycles. The number of rotatable bonds is 11. The van der Waals surface area contributed by atoms with Gasteiger partial charge in [-0.3, -0.25) is 4.99 Å². The van der Waals surface area contributed by atoms with Gasteiger partial charge in [0.2, 0.25) is 0 Å². The van der Waals surface area contributed by atoms with Crippen LogP contribution in [0.3, 0.4) is 0 Å². The number of aliphatic imine (C=N–C) groups is 1. The van der Waals surface area contributed by atoms with Gasteiger partial charge in [-0.15, -0.1) is 24.0 Å². The van der Waals surface area contributed by atoms with Crippen molar-refractivity contribution in [2.45, 2.75) is 38.8 Å². The van der Waals surface area contributed by atoms with Gasteiger partial charge in [0, 0.05) is 38.2 Å². The third-order valence-electron chi connectivity index (χ3n) is 4.08. The molecule has 1 fully saturated rings. The maximum absolute atomic E-state index is 5.85. The molecule has 2 unspecified atom stereocenters. The minimum absolute atomic E-state index is 0. The van der Waals surface area contributed by atoms with Crippen LogP contribution in [-0.2, 0) is 9.47 Å². The van der Waals surface area contributed by atoms with Gasteiger partial charge in [0.25, 0.3) is 0 Å². The average molecular weight is 507 g/mol. The van der Waals surface area contributed by atoms with Crippen LogP contribution in [-0.4, -0.2) is 64.7 Å². The van der Waals surface area contributed by atoms with E-state index in [0.29, 0.717) is 26.4 Å². The van der Waals surface area contributed by atoms with Crippen molar-refractivity contribution in [1.29, 1.82) is 0 Å². The van der Waals surface area contributed by atoms with Crippen molar-refractivity contribution in [2.75, 3.05) is 46.6 Å². The molecule has 1 heterocycles. The monoisotopic (exact) mass is 507 g/mol. The van der Waals surface area contributed by atoms with Gasteiger partial charge in [-0.05, 0) is 32.4 Å². The molecule has 2 rings (SSSR count). The minimum Gasteiger partial charge on any atom is -0.497 e. The number of ether oxygens (including phenoxy) is 4. The maximum Gasteiger partial charge on any atom is 0.191 e. The fourth-order valence-corrected chi connectivity index (χ4v) is 2.66. The molecule has 2 N–H and O–H groups in total. The zero-order valence-corrected chi connectivity index (χ0v) is 19.4. The Morgan fingerprint density at radius 2 is 2.18 bits per heavy atom. The molecular formula is C20H34IN3O4. The molecule has 7 nitrogen and oxygen atoms in total. The van der Waals surface area contributed by atoms with E-state index in [1.54, 1.807) is 7.11 Å². The summed E-state index contributed by atoms with van der Waals surface area (Å²) < 4.78 is 22.1. The summed E-state index contributed by atoms with van der Waals surface area (Å²) in [5, 5.41) is 6.65. The molecule has 0 aliphatic carbocycles. The summed E-state index contributed by atoms with van der Waals surface area (Å²) in [7, 11) is 1.65. The molecule has 0 saturated carbocycles. The van der Waals surface area contributed by atoms with Crippen LogP contribution in [0.1, 0.15) is 26.7 Å². The summed E-state index contributed by atoms with van der Waals surface area (Å²) in [6.07, 6.45) is 2.04. The Bertz CT molecular complexity index is 568. The lowest BCUT2D eigenvalue weighted by atomic mass is 10.3. The Hall–Kier alpha value is -1.26. The van der Waals surface area contributed by atoms with Gasteiger partial charge in [-0.25, -0.2) is 0 Å². The molecule has 0 bridgehead atoms. The van der Waals surface area contributed by atoms with Crippen molar-refractivity contribution in [3.05, 3.63) is 24.3 Å².